The molecule has 0 bridgehead atoms. The van der Waals surface area contributed by atoms with E-state index >= 15 is 0 Å². The minimum absolute atomic E-state index is 0.128. The van der Waals surface area contributed by atoms with Gasteiger partial charge < -0.3 is 15.7 Å². The van der Waals surface area contributed by atoms with Gasteiger partial charge in [-0.15, -0.1) is 0 Å². The van der Waals surface area contributed by atoms with Gasteiger partial charge in [-0.05, 0) is 38.0 Å². The van der Waals surface area contributed by atoms with Gasteiger partial charge in [0.25, 0.3) is 0 Å². The van der Waals surface area contributed by atoms with Crippen LogP contribution in [-0.2, 0) is 4.79 Å². The van der Waals surface area contributed by atoms with Crippen LogP contribution >= 0.6 is 0 Å². The van der Waals surface area contributed by atoms with E-state index in [1.807, 2.05) is 0 Å². The molecular formula is C13H24N2O3. The van der Waals surface area contributed by atoms with E-state index in [0.717, 1.165) is 12.8 Å². The molecule has 1 aliphatic carbocycles. The third-order valence-corrected chi connectivity index (χ3v) is 3.55. The second kappa shape index (κ2) is 7.24. The van der Waals surface area contributed by atoms with Crippen molar-refractivity contribution >= 4 is 12.0 Å². The molecule has 0 spiro atoms. The van der Waals surface area contributed by atoms with Gasteiger partial charge >= 0.3 is 12.0 Å². The summed E-state index contributed by atoms with van der Waals surface area (Å²) < 4.78 is 0. The van der Waals surface area contributed by atoms with Crippen molar-refractivity contribution in [3.8, 4) is 0 Å². The summed E-state index contributed by atoms with van der Waals surface area (Å²) in [6.45, 7) is 4.42. The Morgan fingerprint density at radius 2 is 2.11 bits per heavy atom. The van der Waals surface area contributed by atoms with Gasteiger partial charge in [-0.3, -0.25) is 4.79 Å². The highest BCUT2D eigenvalue weighted by atomic mass is 16.4. The zero-order valence-corrected chi connectivity index (χ0v) is 11.2. The van der Waals surface area contributed by atoms with Crippen molar-refractivity contribution in [3.63, 3.8) is 0 Å². The van der Waals surface area contributed by atoms with Crippen LogP contribution in [0.25, 0.3) is 0 Å². The fraction of sp³-hybridized carbons (Fsp3) is 0.846. The van der Waals surface area contributed by atoms with Gasteiger partial charge in [-0.25, -0.2) is 4.79 Å². The number of aliphatic carboxylic acids is 1. The number of carboxylic acids is 1. The zero-order valence-electron chi connectivity index (χ0n) is 11.2. The predicted octanol–water partition coefficient (Wildman–Crippen LogP) is 1.98. The number of carboxylic acid groups (broad SMARTS) is 1. The average molecular weight is 256 g/mol. The largest absolute Gasteiger partial charge is 0.481 e. The fourth-order valence-electron chi connectivity index (χ4n) is 2.31. The smallest absolute Gasteiger partial charge is 0.315 e. The molecule has 0 heterocycles. The number of amides is 2. The average Bonchev–Trinajstić information content (AvgIpc) is 2.69. The van der Waals surface area contributed by atoms with Crippen LogP contribution in [0.5, 0.6) is 0 Å². The summed E-state index contributed by atoms with van der Waals surface area (Å²) in [5.74, 6) is -0.420. The quantitative estimate of drug-likeness (QED) is 0.636. The number of nitrogens with one attached hydrogen (secondary N) is 2. The third kappa shape index (κ3) is 5.38. The Balaban J connectivity index is 2.05. The second-order valence-corrected chi connectivity index (χ2v) is 5.40. The van der Waals surface area contributed by atoms with Gasteiger partial charge in [0.1, 0.15) is 0 Å². The molecule has 0 aromatic heterocycles. The Morgan fingerprint density at radius 1 is 1.39 bits per heavy atom. The van der Waals surface area contributed by atoms with Crippen LogP contribution in [-0.4, -0.2) is 29.7 Å². The first-order chi connectivity index (χ1) is 8.49. The van der Waals surface area contributed by atoms with Crippen molar-refractivity contribution < 1.29 is 14.7 Å². The molecule has 1 fully saturated rings. The molecule has 2 amide bonds. The number of carbonyl (C=O) groups is 2. The maximum atomic E-state index is 11.5. The molecule has 0 aromatic rings. The first kappa shape index (κ1) is 14.8. The number of hydrogen-bond donors (Lipinski definition) is 3. The maximum absolute atomic E-state index is 11.5. The summed E-state index contributed by atoms with van der Waals surface area (Å²) in [4.78, 5) is 22.1. The fourth-order valence-corrected chi connectivity index (χ4v) is 2.31. The van der Waals surface area contributed by atoms with E-state index in [1.54, 1.807) is 6.92 Å². The van der Waals surface area contributed by atoms with Crippen LogP contribution in [0.2, 0.25) is 0 Å². The second-order valence-electron chi connectivity index (χ2n) is 5.40. The number of urea groups is 1. The van der Waals surface area contributed by atoms with E-state index in [9.17, 15) is 9.59 Å². The van der Waals surface area contributed by atoms with Crippen molar-refractivity contribution in [3.05, 3.63) is 0 Å². The van der Waals surface area contributed by atoms with Crippen molar-refractivity contribution in [2.75, 3.05) is 6.54 Å². The van der Waals surface area contributed by atoms with E-state index in [2.05, 4.69) is 17.6 Å². The van der Waals surface area contributed by atoms with Crippen LogP contribution in [0.15, 0.2) is 0 Å². The highest BCUT2D eigenvalue weighted by molar-refractivity contribution is 5.74. The molecule has 1 aliphatic rings. The molecule has 3 atom stereocenters. The summed E-state index contributed by atoms with van der Waals surface area (Å²) in [5.41, 5.74) is 0. The molecule has 5 heteroatoms. The van der Waals surface area contributed by atoms with Gasteiger partial charge in [-0.1, -0.05) is 13.8 Å². The zero-order chi connectivity index (χ0) is 13.5. The SMILES string of the molecule is CC1CCC(NC(=O)NCCCC(C)C(=O)O)C1. The van der Waals surface area contributed by atoms with Crippen LogP contribution in [0, 0.1) is 11.8 Å². The van der Waals surface area contributed by atoms with E-state index in [1.165, 1.54) is 6.42 Å². The molecule has 1 rings (SSSR count). The van der Waals surface area contributed by atoms with Gasteiger partial charge in [-0.2, -0.15) is 0 Å². The summed E-state index contributed by atoms with van der Waals surface area (Å²) in [6, 6.07) is 0.176. The highest BCUT2D eigenvalue weighted by Crippen LogP contribution is 2.24. The van der Waals surface area contributed by atoms with Gasteiger partial charge in [0.05, 0.1) is 5.92 Å². The lowest BCUT2D eigenvalue weighted by Gasteiger charge is -2.13. The molecule has 5 nitrogen and oxygen atoms in total. The number of hydrogen-bond acceptors (Lipinski definition) is 2. The molecule has 1 saturated carbocycles. The Labute approximate surface area is 108 Å². The van der Waals surface area contributed by atoms with E-state index in [4.69, 9.17) is 5.11 Å². The molecule has 18 heavy (non-hydrogen) atoms. The Hall–Kier alpha value is -1.26. The minimum Gasteiger partial charge on any atom is -0.481 e. The molecule has 0 radical (unpaired) electrons. The van der Waals surface area contributed by atoms with Gasteiger partial charge in [0, 0.05) is 12.6 Å². The third-order valence-electron chi connectivity index (χ3n) is 3.55. The van der Waals surface area contributed by atoms with Gasteiger partial charge in [0.15, 0.2) is 0 Å². The molecular weight excluding hydrogens is 232 g/mol. The Kier molecular flexibility index (Phi) is 5.95. The molecule has 3 N–H and O–H groups in total. The van der Waals surface area contributed by atoms with Crippen molar-refractivity contribution in [2.45, 2.75) is 52.0 Å². The summed E-state index contributed by atoms with van der Waals surface area (Å²) in [5, 5.41) is 14.4. The normalized spacial score (nSPS) is 24.6. The molecule has 104 valence electrons. The van der Waals surface area contributed by atoms with Crippen molar-refractivity contribution in [2.24, 2.45) is 11.8 Å². The maximum Gasteiger partial charge on any atom is 0.315 e. The van der Waals surface area contributed by atoms with Crippen LogP contribution in [0.1, 0.15) is 46.0 Å². The van der Waals surface area contributed by atoms with Crippen molar-refractivity contribution in [1.29, 1.82) is 0 Å². The first-order valence-electron chi connectivity index (χ1n) is 6.76. The standard InChI is InChI=1S/C13H24N2O3/c1-9-5-6-11(8-9)15-13(18)14-7-3-4-10(2)12(16)17/h9-11H,3-8H2,1-2H3,(H,16,17)(H2,14,15,18). The van der Waals surface area contributed by atoms with Crippen LogP contribution in [0.3, 0.4) is 0 Å². The lowest BCUT2D eigenvalue weighted by Crippen LogP contribution is -2.41. The summed E-state index contributed by atoms with van der Waals surface area (Å²) in [7, 11) is 0. The lowest BCUT2D eigenvalue weighted by atomic mass is 10.1. The number of rotatable bonds is 6. The predicted molar refractivity (Wildman–Crippen MR) is 69.4 cm³/mol. The van der Waals surface area contributed by atoms with Crippen LogP contribution < -0.4 is 10.6 Å². The highest BCUT2D eigenvalue weighted by Gasteiger charge is 2.22. The summed E-state index contributed by atoms with van der Waals surface area (Å²) >= 11 is 0. The molecule has 0 saturated heterocycles. The van der Waals surface area contributed by atoms with Crippen molar-refractivity contribution in [1.82, 2.24) is 10.6 Å². The Morgan fingerprint density at radius 3 is 2.67 bits per heavy atom. The number of carbonyl (C=O) groups excluding carboxylic acids is 1. The topological polar surface area (TPSA) is 78.4 Å². The van der Waals surface area contributed by atoms with Crippen LogP contribution in [0.4, 0.5) is 4.79 Å². The Bertz CT molecular complexity index is 294. The van der Waals surface area contributed by atoms with E-state index < -0.39 is 5.97 Å². The van der Waals surface area contributed by atoms with E-state index in [0.29, 0.717) is 31.3 Å². The lowest BCUT2D eigenvalue weighted by molar-refractivity contribution is -0.141. The molecule has 3 unspecified atom stereocenters. The first-order valence-corrected chi connectivity index (χ1v) is 6.76. The molecule has 0 aromatic carbocycles. The monoisotopic (exact) mass is 256 g/mol. The minimum atomic E-state index is -0.778. The van der Waals surface area contributed by atoms with E-state index in [-0.39, 0.29) is 11.9 Å². The summed E-state index contributed by atoms with van der Waals surface area (Å²) in [6.07, 6.45) is 4.59. The van der Waals surface area contributed by atoms with Gasteiger partial charge in [0.2, 0.25) is 0 Å². The molecule has 0 aliphatic heterocycles.